The largest absolute Gasteiger partial charge is 0.472 e. The first-order valence-electron chi connectivity index (χ1n) is 32.1. The van der Waals surface area contributed by atoms with Gasteiger partial charge in [0.2, 0.25) is 5.91 Å². The van der Waals surface area contributed by atoms with Crippen molar-refractivity contribution >= 4 is 19.7 Å². The Bertz CT molecular complexity index is 1660. The molecule has 0 spiro atoms. The van der Waals surface area contributed by atoms with Crippen molar-refractivity contribution in [3.05, 3.63) is 97.2 Å². The standard InChI is InChI=1S/C68H121N2O7P/c1-7-10-13-16-19-22-25-28-30-32-33-34-35-36-37-39-40-42-45-48-51-54-57-60-67(71)69-65(64-76-78(73,74)75-63-62-70(4,5)6)66(59-56-53-50-47-44-27-24-21-18-15-12-9-3)77-68(72)61-58-55-52-49-46-43-41-38-31-29-26-23-20-17-14-11-8-2/h10,13,19-20,22-23,28-31,33-34,36-37,56,59,65-66H,7-9,11-12,14-18,21,24-27,32,35,38-55,57-58,60-64H2,1-6H3,(H-,69,71,73,74)/p+1/b13-10-,22-19-,23-20-,30-28-,31-29-,34-33-,37-36-,59-56-. The fourth-order valence-electron chi connectivity index (χ4n) is 8.82. The first kappa shape index (κ1) is 74.9. The van der Waals surface area contributed by atoms with Gasteiger partial charge in [-0.25, -0.2) is 4.57 Å². The highest BCUT2D eigenvalue weighted by Crippen LogP contribution is 2.43. The van der Waals surface area contributed by atoms with Crippen molar-refractivity contribution in [3.8, 4) is 0 Å². The Balaban J connectivity index is 5.24. The van der Waals surface area contributed by atoms with E-state index in [0.29, 0.717) is 17.4 Å². The van der Waals surface area contributed by atoms with Gasteiger partial charge in [-0.2, -0.15) is 0 Å². The number of hydrogen-bond donors (Lipinski definition) is 2. The van der Waals surface area contributed by atoms with Gasteiger partial charge in [-0.05, 0) is 109 Å². The van der Waals surface area contributed by atoms with Crippen molar-refractivity contribution < 1.29 is 37.3 Å². The molecule has 9 nitrogen and oxygen atoms in total. The van der Waals surface area contributed by atoms with Crippen LogP contribution in [0.4, 0.5) is 0 Å². The number of carbonyl (C=O) groups is 2. The first-order chi connectivity index (χ1) is 37.9. The summed E-state index contributed by atoms with van der Waals surface area (Å²) in [5.74, 6) is -0.528. The lowest BCUT2D eigenvalue weighted by molar-refractivity contribution is -0.870. The maximum atomic E-state index is 13.6. The lowest BCUT2D eigenvalue weighted by atomic mass is 10.0. The molecule has 0 radical (unpaired) electrons. The molecule has 0 bridgehead atoms. The molecule has 78 heavy (non-hydrogen) atoms. The van der Waals surface area contributed by atoms with Gasteiger partial charge in [0, 0.05) is 12.8 Å². The predicted octanol–water partition coefficient (Wildman–Crippen LogP) is 19.9. The van der Waals surface area contributed by atoms with Gasteiger partial charge in [-0.15, -0.1) is 0 Å². The van der Waals surface area contributed by atoms with Crippen LogP contribution in [0.1, 0.15) is 271 Å². The van der Waals surface area contributed by atoms with Crippen molar-refractivity contribution in [1.29, 1.82) is 0 Å². The van der Waals surface area contributed by atoms with Crippen LogP contribution in [0.2, 0.25) is 0 Å². The van der Waals surface area contributed by atoms with Crippen LogP contribution in [0.15, 0.2) is 97.2 Å². The van der Waals surface area contributed by atoms with Gasteiger partial charge >= 0.3 is 13.8 Å². The van der Waals surface area contributed by atoms with E-state index >= 15 is 0 Å². The number of likely N-dealkylation sites (N-methyl/N-ethyl adjacent to an activating group) is 1. The number of ether oxygens (including phenoxy) is 1. The zero-order valence-corrected chi connectivity index (χ0v) is 52.3. The summed E-state index contributed by atoms with van der Waals surface area (Å²) in [6.45, 7) is 6.86. The van der Waals surface area contributed by atoms with E-state index in [1.807, 2.05) is 33.3 Å². The van der Waals surface area contributed by atoms with Crippen LogP contribution < -0.4 is 5.32 Å². The Hall–Kier alpha value is -3.07. The number of rotatable bonds is 57. The number of hydrogen-bond acceptors (Lipinski definition) is 6. The monoisotopic (exact) mass is 1110 g/mol. The molecule has 0 rings (SSSR count). The number of phosphoric acid groups is 1. The van der Waals surface area contributed by atoms with Gasteiger partial charge in [0.25, 0.3) is 0 Å². The van der Waals surface area contributed by atoms with Crippen molar-refractivity contribution in [2.24, 2.45) is 0 Å². The molecule has 0 fully saturated rings. The molecule has 0 aliphatic carbocycles. The number of carbonyl (C=O) groups excluding carboxylic acids is 2. The minimum absolute atomic E-state index is 0.0322. The van der Waals surface area contributed by atoms with Crippen LogP contribution in [-0.2, 0) is 27.9 Å². The Kier molecular flexibility index (Phi) is 54.9. The summed E-state index contributed by atoms with van der Waals surface area (Å²) in [5.41, 5.74) is 0. The van der Waals surface area contributed by atoms with Crippen molar-refractivity contribution in [1.82, 2.24) is 5.32 Å². The minimum Gasteiger partial charge on any atom is -0.456 e. The number of nitrogens with zero attached hydrogens (tertiary/aromatic N) is 1. The molecule has 3 unspecified atom stereocenters. The summed E-state index contributed by atoms with van der Waals surface area (Å²) in [5, 5.41) is 3.05. The molecule has 10 heteroatoms. The molecule has 0 aliphatic rings. The number of esters is 1. The molecule has 0 saturated heterocycles. The number of phosphoric ester groups is 1. The van der Waals surface area contributed by atoms with E-state index < -0.39 is 20.0 Å². The maximum Gasteiger partial charge on any atom is 0.472 e. The summed E-state index contributed by atoms with van der Waals surface area (Å²) >= 11 is 0. The Morgan fingerprint density at radius 1 is 0.462 bits per heavy atom. The van der Waals surface area contributed by atoms with Gasteiger partial charge in [0.05, 0.1) is 33.8 Å². The second-order valence-corrected chi connectivity index (χ2v) is 24.0. The highest BCUT2D eigenvalue weighted by molar-refractivity contribution is 7.47. The van der Waals surface area contributed by atoms with E-state index in [0.717, 1.165) is 122 Å². The number of nitrogens with one attached hydrogen (secondary N) is 1. The molecule has 3 atom stereocenters. The fraction of sp³-hybridized carbons (Fsp3) is 0.735. The third-order valence-corrected chi connectivity index (χ3v) is 14.7. The maximum absolute atomic E-state index is 13.6. The Morgan fingerprint density at radius 3 is 1.26 bits per heavy atom. The van der Waals surface area contributed by atoms with Crippen LogP contribution in [0.5, 0.6) is 0 Å². The number of quaternary nitrogens is 1. The van der Waals surface area contributed by atoms with Gasteiger partial charge in [-0.1, -0.05) is 247 Å². The van der Waals surface area contributed by atoms with E-state index in [4.69, 9.17) is 13.8 Å². The topological polar surface area (TPSA) is 111 Å². The average molecular weight is 1110 g/mol. The lowest BCUT2D eigenvalue weighted by Crippen LogP contribution is -2.47. The van der Waals surface area contributed by atoms with Gasteiger partial charge < -0.3 is 19.4 Å². The Labute approximate surface area is 481 Å². The van der Waals surface area contributed by atoms with E-state index in [9.17, 15) is 19.0 Å². The predicted molar refractivity (Wildman–Crippen MR) is 337 cm³/mol. The van der Waals surface area contributed by atoms with Gasteiger partial charge in [0.1, 0.15) is 19.3 Å². The van der Waals surface area contributed by atoms with Crippen LogP contribution in [0.3, 0.4) is 0 Å². The summed E-state index contributed by atoms with van der Waals surface area (Å²) in [6, 6.07) is -0.863. The second-order valence-electron chi connectivity index (χ2n) is 22.5. The SMILES string of the molecule is CC/C=C\C/C=C\C/C=C\C/C=C\C/C=C\CCCCCCCCCC(=O)NC(COP(=O)(O)OCC[N+](C)(C)C)C(/C=C\CCCCCCCCCCCC)OC(=O)CCCCCCCCC/C=C\C/C=C\CCCCC. The minimum atomic E-state index is -4.46. The smallest absolute Gasteiger partial charge is 0.456 e. The third-order valence-electron chi connectivity index (χ3n) is 13.8. The molecule has 2 N–H and O–H groups in total. The van der Waals surface area contributed by atoms with Crippen molar-refractivity contribution in [2.75, 3.05) is 40.9 Å². The zero-order valence-electron chi connectivity index (χ0n) is 51.4. The summed E-state index contributed by atoms with van der Waals surface area (Å²) < 4.78 is 30.7. The molecule has 0 aromatic carbocycles. The third kappa shape index (κ3) is 57.6. The first-order valence-corrected chi connectivity index (χ1v) is 33.6. The normalized spacial score (nSPS) is 14.3. The van der Waals surface area contributed by atoms with Crippen LogP contribution >= 0.6 is 7.82 Å². The highest BCUT2D eigenvalue weighted by Gasteiger charge is 2.30. The molecule has 1 amide bonds. The summed E-state index contributed by atoms with van der Waals surface area (Å²) in [7, 11) is 1.47. The van der Waals surface area contributed by atoms with Gasteiger partial charge in [-0.3, -0.25) is 18.6 Å². The van der Waals surface area contributed by atoms with E-state index in [1.54, 1.807) is 0 Å². The fourth-order valence-corrected chi connectivity index (χ4v) is 9.56. The van der Waals surface area contributed by atoms with E-state index in [-0.39, 0.29) is 31.5 Å². The molecule has 0 heterocycles. The number of unbranched alkanes of at least 4 members (excludes halogenated alkanes) is 27. The molecule has 0 aromatic heterocycles. The zero-order chi connectivity index (χ0) is 57.2. The lowest BCUT2D eigenvalue weighted by Gasteiger charge is -2.27. The molecular weight excluding hydrogens is 988 g/mol. The molecule has 0 aliphatic heterocycles. The van der Waals surface area contributed by atoms with E-state index in [2.05, 4.69) is 111 Å². The molecular formula is C68H122N2O7P+. The summed E-state index contributed by atoms with van der Waals surface area (Å²) in [6.07, 6.45) is 76.8. The second kappa shape index (κ2) is 57.2. The summed E-state index contributed by atoms with van der Waals surface area (Å²) in [4.78, 5) is 37.8. The van der Waals surface area contributed by atoms with Gasteiger partial charge in [0.15, 0.2) is 0 Å². The molecule has 0 aromatic rings. The van der Waals surface area contributed by atoms with Crippen LogP contribution in [0, 0.1) is 0 Å². The number of allylic oxidation sites excluding steroid dienone is 15. The Morgan fingerprint density at radius 2 is 0.821 bits per heavy atom. The number of amides is 1. The van der Waals surface area contributed by atoms with Crippen LogP contribution in [0.25, 0.3) is 0 Å². The van der Waals surface area contributed by atoms with Crippen LogP contribution in [-0.4, -0.2) is 74.3 Å². The molecule has 0 saturated carbocycles. The molecule has 450 valence electrons. The van der Waals surface area contributed by atoms with Crippen molar-refractivity contribution in [2.45, 2.75) is 283 Å². The van der Waals surface area contributed by atoms with E-state index in [1.165, 1.54) is 116 Å². The quantitative estimate of drug-likeness (QED) is 0.0205. The highest BCUT2D eigenvalue weighted by atomic mass is 31.2. The average Bonchev–Trinajstić information content (AvgIpc) is 3.40. The van der Waals surface area contributed by atoms with Crippen molar-refractivity contribution in [3.63, 3.8) is 0 Å².